The fourth-order valence-electron chi connectivity index (χ4n) is 2.23. The number of hydrogen-bond acceptors (Lipinski definition) is 2. The zero-order chi connectivity index (χ0) is 8.66. The van der Waals surface area contributed by atoms with Crippen molar-refractivity contribution in [3.05, 3.63) is 0 Å². The molecule has 0 atom stereocenters. The van der Waals surface area contributed by atoms with Crippen molar-refractivity contribution in [1.29, 1.82) is 0 Å². The highest BCUT2D eigenvalue weighted by molar-refractivity contribution is 5.02. The Bertz CT molecular complexity index is 169. The van der Waals surface area contributed by atoms with Gasteiger partial charge in [0.25, 0.3) is 0 Å². The summed E-state index contributed by atoms with van der Waals surface area (Å²) in [5.41, 5.74) is 6.81. The van der Waals surface area contributed by atoms with Crippen LogP contribution in [0.4, 0.5) is 0 Å². The summed E-state index contributed by atoms with van der Waals surface area (Å²) in [4.78, 5) is 0. The van der Waals surface area contributed by atoms with Gasteiger partial charge in [0.1, 0.15) is 0 Å². The summed E-state index contributed by atoms with van der Waals surface area (Å²) in [5, 5.41) is 0. The first kappa shape index (κ1) is 8.52. The molecule has 0 spiro atoms. The third-order valence-electron chi connectivity index (χ3n) is 3.37. The van der Waals surface area contributed by atoms with Crippen LogP contribution in [0.25, 0.3) is 0 Å². The molecule has 1 heterocycles. The number of hydrogen-bond donors (Lipinski definition) is 1. The van der Waals surface area contributed by atoms with Gasteiger partial charge in [-0.3, -0.25) is 0 Å². The molecule has 1 saturated carbocycles. The van der Waals surface area contributed by atoms with Crippen LogP contribution >= 0.6 is 0 Å². The molecule has 0 amide bonds. The van der Waals surface area contributed by atoms with Gasteiger partial charge in [0.2, 0.25) is 0 Å². The van der Waals surface area contributed by atoms with Gasteiger partial charge in [-0.25, -0.2) is 0 Å². The summed E-state index contributed by atoms with van der Waals surface area (Å²) in [6.45, 7) is 4.24. The minimum atomic E-state index is 0.214. The van der Waals surface area contributed by atoms with Crippen molar-refractivity contribution < 1.29 is 4.74 Å². The Balaban J connectivity index is 1.90. The van der Waals surface area contributed by atoms with Gasteiger partial charge in [-0.15, -0.1) is 0 Å². The molecule has 0 radical (unpaired) electrons. The van der Waals surface area contributed by atoms with E-state index in [0.717, 1.165) is 13.2 Å². The average Bonchev–Trinajstić information content (AvgIpc) is 2.67. The molecule has 2 aliphatic rings. The maximum absolute atomic E-state index is 6.12. The van der Waals surface area contributed by atoms with Crippen LogP contribution in [0.15, 0.2) is 0 Å². The van der Waals surface area contributed by atoms with Crippen molar-refractivity contribution in [1.82, 2.24) is 0 Å². The van der Waals surface area contributed by atoms with E-state index in [0.29, 0.717) is 5.41 Å². The van der Waals surface area contributed by atoms with E-state index in [1.807, 2.05) is 0 Å². The summed E-state index contributed by atoms with van der Waals surface area (Å²) >= 11 is 0. The van der Waals surface area contributed by atoms with Gasteiger partial charge in [0.15, 0.2) is 0 Å². The zero-order valence-corrected chi connectivity index (χ0v) is 7.94. The topological polar surface area (TPSA) is 35.2 Å². The van der Waals surface area contributed by atoms with Crippen molar-refractivity contribution in [3.8, 4) is 0 Å². The fourth-order valence-corrected chi connectivity index (χ4v) is 2.23. The summed E-state index contributed by atoms with van der Waals surface area (Å²) in [5.74, 6) is 0. The lowest BCUT2D eigenvalue weighted by molar-refractivity contribution is 0.0153. The molecule has 2 fully saturated rings. The Labute approximate surface area is 74.5 Å². The van der Waals surface area contributed by atoms with Gasteiger partial charge in [0, 0.05) is 18.8 Å². The average molecular weight is 169 g/mol. The predicted octanol–water partition coefficient (Wildman–Crippen LogP) is 1.68. The molecule has 1 aliphatic heterocycles. The Kier molecular flexibility index (Phi) is 1.92. The van der Waals surface area contributed by atoms with E-state index in [9.17, 15) is 0 Å². The van der Waals surface area contributed by atoms with E-state index < -0.39 is 0 Å². The second-order valence-electron chi connectivity index (χ2n) is 4.96. The quantitative estimate of drug-likeness (QED) is 0.682. The first-order valence-electron chi connectivity index (χ1n) is 4.99. The van der Waals surface area contributed by atoms with Crippen molar-refractivity contribution >= 4 is 0 Å². The summed E-state index contributed by atoms with van der Waals surface area (Å²) in [6.07, 6.45) is 6.09. The fraction of sp³-hybridized carbons (Fsp3) is 1.00. The number of rotatable bonds is 2. The highest BCUT2D eigenvalue weighted by Crippen LogP contribution is 2.46. The smallest absolute Gasteiger partial charge is 0.0471 e. The minimum Gasteiger partial charge on any atom is -0.381 e. The van der Waals surface area contributed by atoms with E-state index in [1.54, 1.807) is 0 Å². The molecule has 70 valence electrons. The lowest BCUT2D eigenvalue weighted by atomic mass is 9.76. The normalized spacial score (nSPS) is 31.5. The number of ether oxygens (including phenoxy) is 1. The molecule has 2 heteroatoms. The highest BCUT2D eigenvalue weighted by Gasteiger charge is 2.44. The standard InChI is InChI=1S/C10H19NO/c1-9(4-6-12-7-5-9)8-10(11)2-3-10/h2-8,11H2,1H3. The zero-order valence-electron chi connectivity index (χ0n) is 7.94. The molecule has 0 aromatic heterocycles. The van der Waals surface area contributed by atoms with E-state index in [-0.39, 0.29) is 5.54 Å². The molecule has 12 heavy (non-hydrogen) atoms. The Morgan fingerprint density at radius 1 is 1.17 bits per heavy atom. The summed E-state index contributed by atoms with van der Waals surface area (Å²) < 4.78 is 5.36. The van der Waals surface area contributed by atoms with E-state index >= 15 is 0 Å². The largest absolute Gasteiger partial charge is 0.381 e. The lowest BCUT2D eigenvalue weighted by Gasteiger charge is -2.35. The summed E-state index contributed by atoms with van der Waals surface area (Å²) in [6, 6.07) is 0. The number of nitrogens with two attached hydrogens (primary N) is 1. The van der Waals surface area contributed by atoms with Crippen LogP contribution in [-0.2, 0) is 4.74 Å². The molecule has 0 aromatic carbocycles. The molecule has 0 unspecified atom stereocenters. The SMILES string of the molecule is CC1(CC2(N)CC2)CCOCC1. The minimum absolute atomic E-state index is 0.214. The van der Waals surface area contributed by atoms with Crippen molar-refractivity contribution in [2.24, 2.45) is 11.1 Å². The first-order chi connectivity index (χ1) is 5.62. The van der Waals surface area contributed by atoms with Gasteiger partial charge in [-0.1, -0.05) is 6.92 Å². The monoisotopic (exact) mass is 169 g/mol. The van der Waals surface area contributed by atoms with E-state index in [2.05, 4.69) is 6.92 Å². The molecule has 1 aliphatic carbocycles. The van der Waals surface area contributed by atoms with Crippen LogP contribution in [0.2, 0.25) is 0 Å². The van der Waals surface area contributed by atoms with Crippen molar-refractivity contribution in [2.75, 3.05) is 13.2 Å². The first-order valence-corrected chi connectivity index (χ1v) is 4.99. The summed E-state index contributed by atoms with van der Waals surface area (Å²) in [7, 11) is 0. The third kappa shape index (κ3) is 1.80. The van der Waals surface area contributed by atoms with Gasteiger partial charge in [0.05, 0.1) is 0 Å². The van der Waals surface area contributed by atoms with Crippen LogP contribution < -0.4 is 5.73 Å². The van der Waals surface area contributed by atoms with Crippen LogP contribution in [0.1, 0.15) is 39.0 Å². The van der Waals surface area contributed by atoms with Gasteiger partial charge >= 0.3 is 0 Å². The molecule has 1 saturated heterocycles. The van der Waals surface area contributed by atoms with Crippen LogP contribution in [-0.4, -0.2) is 18.8 Å². The maximum Gasteiger partial charge on any atom is 0.0471 e. The Morgan fingerprint density at radius 2 is 1.75 bits per heavy atom. The Morgan fingerprint density at radius 3 is 2.25 bits per heavy atom. The van der Waals surface area contributed by atoms with Crippen molar-refractivity contribution in [2.45, 2.75) is 44.6 Å². The van der Waals surface area contributed by atoms with Crippen LogP contribution in [0.3, 0.4) is 0 Å². The molecular weight excluding hydrogens is 150 g/mol. The molecule has 0 bridgehead atoms. The van der Waals surface area contributed by atoms with Gasteiger partial charge in [-0.2, -0.15) is 0 Å². The van der Waals surface area contributed by atoms with Crippen LogP contribution in [0.5, 0.6) is 0 Å². The van der Waals surface area contributed by atoms with Crippen LogP contribution in [0, 0.1) is 5.41 Å². The predicted molar refractivity (Wildman–Crippen MR) is 48.9 cm³/mol. The lowest BCUT2D eigenvalue weighted by Crippen LogP contribution is -2.35. The maximum atomic E-state index is 6.12. The molecular formula is C10H19NO. The second-order valence-corrected chi connectivity index (χ2v) is 4.96. The second kappa shape index (κ2) is 2.71. The highest BCUT2D eigenvalue weighted by atomic mass is 16.5. The Hall–Kier alpha value is -0.0800. The molecule has 2 rings (SSSR count). The third-order valence-corrected chi connectivity index (χ3v) is 3.37. The van der Waals surface area contributed by atoms with Gasteiger partial charge in [-0.05, 0) is 37.5 Å². The molecule has 0 aromatic rings. The van der Waals surface area contributed by atoms with E-state index in [1.165, 1.54) is 32.1 Å². The van der Waals surface area contributed by atoms with E-state index in [4.69, 9.17) is 10.5 Å². The van der Waals surface area contributed by atoms with Gasteiger partial charge < -0.3 is 10.5 Å². The van der Waals surface area contributed by atoms with Crippen molar-refractivity contribution in [3.63, 3.8) is 0 Å². The molecule has 2 nitrogen and oxygen atoms in total. The molecule has 2 N–H and O–H groups in total.